The molecule has 0 saturated carbocycles. The summed E-state index contributed by atoms with van der Waals surface area (Å²) in [7, 11) is 0. The van der Waals surface area contributed by atoms with Crippen LogP contribution in [-0.4, -0.2) is 28.9 Å². The lowest BCUT2D eigenvalue weighted by molar-refractivity contribution is -0.135. The summed E-state index contributed by atoms with van der Waals surface area (Å²) in [4.78, 5) is 14.3. The Labute approximate surface area is 116 Å². The summed E-state index contributed by atoms with van der Waals surface area (Å²) < 4.78 is 26.5. The van der Waals surface area contributed by atoms with Crippen molar-refractivity contribution in [3.63, 3.8) is 0 Å². The lowest BCUT2D eigenvalue weighted by atomic mass is 9.97. The number of hydrogen-bond acceptors (Lipinski definition) is 2. The second-order valence-electron chi connectivity index (χ2n) is 5.83. The molecule has 2 fully saturated rings. The fraction of sp³-hybridized carbons (Fsp3) is 0.533. The van der Waals surface area contributed by atoms with Gasteiger partial charge in [-0.1, -0.05) is 6.07 Å². The van der Waals surface area contributed by atoms with Gasteiger partial charge >= 0.3 is 0 Å². The number of rotatable bonds is 2. The largest absolute Gasteiger partial charge is 0.336 e. The van der Waals surface area contributed by atoms with Crippen molar-refractivity contribution < 1.29 is 13.6 Å². The van der Waals surface area contributed by atoms with Crippen LogP contribution in [0.5, 0.6) is 0 Å². The predicted octanol–water partition coefficient (Wildman–Crippen LogP) is 1.99. The van der Waals surface area contributed by atoms with Crippen molar-refractivity contribution in [1.29, 1.82) is 0 Å². The summed E-state index contributed by atoms with van der Waals surface area (Å²) in [5, 5.41) is 0. The van der Waals surface area contributed by atoms with Crippen LogP contribution in [0.2, 0.25) is 0 Å². The van der Waals surface area contributed by atoms with E-state index in [0.717, 1.165) is 31.7 Å². The molecule has 2 aliphatic rings. The molecule has 0 aliphatic carbocycles. The van der Waals surface area contributed by atoms with E-state index < -0.39 is 11.6 Å². The standard InChI is InChI=1S/C15H18F2N2O/c16-10-2-1-9(14(17)6-10)5-15(20)19-12-3-4-13(19)8-11(18)7-12/h1-2,6,11-13H,3-5,7-8,18H2. The SMILES string of the molecule is NC1CC2CCC(C1)N2C(=O)Cc1ccc(F)cc1F. The summed E-state index contributed by atoms with van der Waals surface area (Å²) in [6.07, 6.45) is 3.61. The molecule has 108 valence electrons. The van der Waals surface area contributed by atoms with Crippen molar-refractivity contribution in [2.45, 2.75) is 50.2 Å². The van der Waals surface area contributed by atoms with Gasteiger partial charge in [-0.15, -0.1) is 0 Å². The molecule has 0 spiro atoms. The van der Waals surface area contributed by atoms with Crippen LogP contribution in [0, 0.1) is 11.6 Å². The van der Waals surface area contributed by atoms with Gasteiger partial charge < -0.3 is 10.6 Å². The predicted molar refractivity (Wildman–Crippen MR) is 70.9 cm³/mol. The molecule has 1 amide bonds. The van der Waals surface area contributed by atoms with E-state index in [1.54, 1.807) is 0 Å². The van der Waals surface area contributed by atoms with Crippen LogP contribution in [0.15, 0.2) is 18.2 Å². The van der Waals surface area contributed by atoms with Gasteiger partial charge in [-0.2, -0.15) is 0 Å². The molecule has 2 unspecified atom stereocenters. The molecule has 2 N–H and O–H groups in total. The number of benzene rings is 1. The molecular weight excluding hydrogens is 262 g/mol. The Balaban J connectivity index is 1.74. The van der Waals surface area contributed by atoms with E-state index in [1.165, 1.54) is 12.1 Å². The topological polar surface area (TPSA) is 46.3 Å². The maximum atomic E-state index is 13.6. The van der Waals surface area contributed by atoms with Crippen LogP contribution < -0.4 is 5.73 Å². The highest BCUT2D eigenvalue weighted by Gasteiger charge is 2.41. The summed E-state index contributed by atoms with van der Waals surface area (Å²) in [5.74, 6) is -1.35. The van der Waals surface area contributed by atoms with Gasteiger partial charge in [0.05, 0.1) is 6.42 Å². The lowest BCUT2D eigenvalue weighted by Gasteiger charge is -2.37. The fourth-order valence-electron chi connectivity index (χ4n) is 3.55. The molecule has 3 rings (SSSR count). The van der Waals surface area contributed by atoms with Crippen LogP contribution in [0.3, 0.4) is 0 Å². The first-order valence-electron chi connectivity index (χ1n) is 7.05. The fourth-order valence-corrected chi connectivity index (χ4v) is 3.55. The Morgan fingerprint density at radius 2 is 1.90 bits per heavy atom. The number of halogens is 2. The second-order valence-corrected chi connectivity index (χ2v) is 5.83. The zero-order valence-electron chi connectivity index (χ0n) is 11.2. The molecule has 1 aromatic carbocycles. The highest BCUT2D eigenvalue weighted by molar-refractivity contribution is 5.80. The molecule has 0 radical (unpaired) electrons. The Morgan fingerprint density at radius 1 is 1.25 bits per heavy atom. The summed E-state index contributed by atoms with van der Waals surface area (Å²) in [5.41, 5.74) is 6.23. The van der Waals surface area contributed by atoms with Crippen LogP contribution in [0.4, 0.5) is 8.78 Å². The zero-order chi connectivity index (χ0) is 14.3. The normalized spacial score (nSPS) is 28.8. The number of nitrogens with zero attached hydrogens (tertiary/aromatic N) is 1. The Bertz CT molecular complexity index is 521. The van der Waals surface area contributed by atoms with Crippen LogP contribution in [0.25, 0.3) is 0 Å². The van der Waals surface area contributed by atoms with Crippen molar-refractivity contribution in [3.8, 4) is 0 Å². The Morgan fingerprint density at radius 3 is 2.50 bits per heavy atom. The maximum absolute atomic E-state index is 13.6. The van der Waals surface area contributed by atoms with Crippen molar-refractivity contribution in [2.24, 2.45) is 5.73 Å². The first-order valence-corrected chi connectivity index (χ1v) is 7.05. The third-order valence-corrected chi connectivity index (χ3v) is 4.41. The van der Waals surface area contributed by atoms with Gasteiger partial charge in [0.1, 0.15) is 11.6 Å². The van der Waals surface area contributed by atoms with Gasteiger partial charge in [-0.25, -0.2) is 8.78 Å². The van der Waals surface area contributed by atoms with Gasteiger partial charge in [-0.3, -0.25) is 4.79 Å². The minimum Gasteiger partial charge on any atom is -0.336 e. The molecule has 2 bridgehead atoms. The molecule has 2 saturated heterocycles. The van der Waals surface area contributed by atoms with E-state index in [9.17, 15) is 13.6 Å². The van der Waals surface area contributed by atoms with E-state index in [0.29, 0.717) is 0 Å². The number of hydrogen-bond donors (Lipinski definition) is 1. The Kier molecular flexibility index (Phi) is 3.46. The highest BCUT2D eigenvalue weighted by Crippen LogP contribution is 2.35. The molecule has 5 heteroatoms. The van der Waals surface area contributed by atoms with Gasteiger partial charge in [0, 0.05) is 24.2 Å². The van der Waals surface area contributed by atoms with Gasteiger partial charge in [0.15, 0.2) is 0 Å². The van der Waals surface area contributed by atoms with Crippen LogP contribution in [-0.2, 0) is 11.2 Å². The molecule has 2 aliphatic heterocycles. The van der Waals surface area contributed by atoms with Crippen LogP contribution in [0.1, 0.15) is 31.2 Å². The molecule has 20 heavy (non-hydrogen) atoms. The quantitative estimate of drug-likeness (QED) is 0.900. The van der Waals surface area contributed by atoms with E-state index >= 15 is 0 Å². The van der Waals surface area contributed by atoms with Gasteiger partial charge in [-0.05, 0) is 37.3 Å². The minimum absolute atomic E-state index is 0.00560. The third kappa shape index (κ3) is 2.42. The lowest BCUT2D eigenvalue weighted by Crippen LogP contribution is -2.50. The van der Waals surface area contributed by atoms with Crippen LogP contribution >= 0.6 is 0 Å². The number of piperidine rings is 1. The first kappa shape index (κ1) is 13.5. The highest BCUT2D eigenvalue weighted by atomic mass is 19.1. The van der Waals surface area contributed by atoms with Gasteiger partial charge in [0.2, 0.25) is 5.91 Å². The molecule has 2 heterocycles. The van der Waals surface area contributed by atoms with Gasteiger partial charge in [0.25, 0.3) is 0 Å². The van der Waals surface area contributed by atoms with Crippen molar-refractivity contribution in [3.05, 3.63) is 35.4 Å². The summed E-state index contributed by atoms with van der Waals surface area (Å²) in [6, 6.07) is 3.91. The number of nitrogens with two attached hydrogens (primary N) is 1. The average molecular weight is 280 g/mol. The van der Waals surface area contributed by atoms with Crippen molar-refractivity contribution in [2.75, 3.05) is 0 Å². The molecule has 0 aromatic heterocycles. The van der Waals surface area contributed by atoms with Crippen molar-refractivity contribution >= 4 is 5.91 Å². The second kappa shape index (κ2) is 5.13. The number of carbonyl (C=O) groups excluding carboxylic acids is 1. The summed E-state index contributed by atoms with van der Waals surface area (Å²) in [6.45, 7) is 0. The smallest absolute Gasteiger partial charge is 0.227 e. The molecule has 1 aromatic rings. The van der Waals surface area contributed by atoms with E-state index in [-0.39, 0.29) is 36.0 Å². The third-order valence-electron chi connectivity index (χ3n) is 4.41. The van der Waals surface area contributed by atoms with E-state index in [4.69, 9.17) is 5.73 Å². The number of carbonyl (C=O) groups is 1. The number of fused-ring (bicyclic) bond motifs is 2. The minimum atomic E-state index is -0.653. The van der Waals surface area contributed by atoms with Crippen molar-refractivity contribution in [1.82, 2.24) is 4.90 Å². The average Bonchev–Trinajstić information content (AvgIpc) is 2.65. The monoisotopic (exact) mass is 280 g/mol. The summed E-state index contributed by atoms with van der Waals surface area (Å²) >= 11 is 0. The molecular formula is C15H18F2N2O. The zero-order valence-corrected chi connectivity index (χ0v) is 11.2. The molecule has 2 atom stereocenters. The maximum Gasteiger partial charge on any atom is 0.227 e. The Hall–Kier alpha value is -1.49. The van der Waals surface area contributed by atoms with E-state index in [1.807, 2.05) is 4.90 Å². The first-order chi connectivity index (χ1) is 9.54. The molecule has 3 nitrogen and oxygen atoms in total. The van der Waals surface area contributed by atoms with E-state index in [2.05, 4.69) is 0 Å². The number of amides is 1.